The van der Waals surface area contributed by atoms with Gasteiger partial charge in [0.15, 0.2) is 0 Å². The predicted molar refractivity (Wildman–Crippen MR) is 66.7 cm³/mol. The van der Waals surface area contributed by atoms with Gasteiger partial charge in [0.2, 0.25) is 0 Å². The van der Waals surface area contributed by atoms with E-state index in [1.807, 2.05) is 0 Å². The number of halogens is 7. The number of nitrogens with zero attached hydrogens (tertiary/aromatic N) is 1. The number of nitrogens with two attached hydrogens (primary N) is 1. The van der Waals surface area contributed by atoms with Gasteiger partial charge in [0.1, 0.15) is 5.82 Å². The molecule has 1 atom stereocenters. The Morgan fingerprint density at radius 3 is 2.09 bits per heavy atom. The van der Waals surface area contributed by atoms with Crippen LogP contribution in [0.4, 0.5) is 30.7 Å². The molecule has 1 aromatic heterocycles. The van der Waals surface area contributed by atoms with E-state index in [9.17, 15) is 30.7 Å². The summed E-state index contributed by atoms with van der Waals surface area (Å²) in [6.45, 7) is 0. The number of alkyl halides is 6. The number of benzene rings is 1. The second kappa shape index (κ2) is 5.80. The molecule has 0 amide bonds. The fraction of sp³-hybridized carbons (Fsp3) is 0.214. The molecule has 23 heavy (non-hydrogen) atoms. The highest BCUT2D eigenvalue weighted by molar-refractivity contribution is 5.37. The van der Waals surface area contributed by atoms with E-state index in [4.69, 9.17) is 5.73 Å². The van der Waals surface area contributed by atoms with Gasteiger partial charge in [0.05, 0.1) is 22.9 Å². The van der Waals surface area contributed by atoms with E-state index in [-0.39, 0.29) is 5.56 Å². The molecule has 0 spiro atoms. The zero-order chi connectivity index (χ0) is 17.4. The standard InChI is InChI=1S/C14H9F7N2/c15-10-4-3-7(6-9(10)14(19,20)21)11(22)12-8(13(16,17)18)2-1-5-23-12/h1-6,11H,22H2/t11-/m1/s1. The van der Waals surface area contributed by atoms with Gasteiger partial charge >= 0.3 is 12.4 Å². The van der Waals surface area contributed by atoms with Gasteiger partial charge in [-0.3, -0.25) is 4.98 Å². The molecule has 0 bridgehead atoms. The maximum atomic E-state index is 13.2. The van der Waals surface area contributed by atoms with Gasteiger partial charge in [-0.1, -0.05) is 6.07 Å². The monoisotopic (exact) mass is 338 g/mol. The summed E-state index contributed by atoms with van der Waals surface area (Å²) >= 11 is 0. The third kappa shape index (κ3) is 3.61. The summed E-state index contributed by atoms with van der Waals surface area (Å²) in [7, 11) is 0. The van der Waals surface area contributed by atoms with Crippen LogP contribution in [0.25, 0.3) is 0 Å². The summed E-state index contributed by atoms with van der Waals surface area (Å²) in [5.41, 5.74) is 1.89. The van der Waals surface area contributed by atoms with E-state index in [2.05, 4.69) is 4.98 Å². The second-order valence-electron chi connectivity index (χ2n) is 4.65. The summed E-state index contributed by atoms with van der Waals surface area (Å²) in [6.07, 6.45) is -8.72. The van der Waals surface area contributed by atoms with Crippen LogP contribution < -0.4 is 5.73 Å². The molecule has 0 aliphatic heterocycles. The van der Waals surface area contributed by atoms with Gasteiger partial charge in [0.25, 0.3) is 0 Å². The topological polar surface area (TPSA) is 38.9 Å². The summed E-state index contributed by atoms with van der Waals surface area (Å²) in [4.78, 5) is 3.52. The molecule has 0 aliphatic rings. The van der Waals surface area contributed by atoms with Crippen LogP contribution >= 0.6 is 0 Å². The largest absolute Gasteiger partial charge is 0.419 e. The lowest BCUT2D eigenvalue weighted by Gasteiger charge is -2.18. The molecule has 2 aromatic rings. The average molecular weight is 338 g/mol. The van der Waals surface area contributed by atoms with E-state index in [0.29, 0.717) is 12.1 Å². The quantitative estimate of drug-likeness (QED) is 0.829. The summed E-state index contributed by atoms with van der Waals surface area (Å²) in [5.74, 6) is -1.54. The van der Waals surface area contributed by atoms with Crippen LogP contribution in [0.2, 0.25) is 0 Å². The Kier molecular flexibility index (Phi) is 4.34. The third-order valence-electron chi connectivity index (χ3n) is 3.09. The van der Waals surface area contributed by atoms with Crippen molar-refractivity contribution in [3.8, 4) is 0 Å². The van der Waals surface area contributed by atoms with Crippen LogP contribution in [-0.2, 0) is 12.4 Å². The summed E-state index contributed by atoms with van der Waals surface area (Å²) in [6, 6.07) is 1.95. The number of hydrogen-bond donors (Lipinski definition) is 1. The Morgan fingerprint density at radius 1 is 0.913 bits per heavy atom. The Bertz CT molecular complexity index is 707. The molecule has 2 rings (SSSR count). The minimum Gasteiger partial charge on any atom is -0.319 e. The van der Waals surface area contributed by atoms with Crippen molar-refractivity contribution < 1.29 is 30.7 Å². The van der Waals surface area contributed by atoms with Gasteiger partial charge in [-0.25, -0.2) is 4.39 Å². The molecule has 1 aromatic carbocycles. The van der Waals surface area contributed by atoms with Crippen molar-refractivity contribution in [2.24, 2.45) is 5.73 Å². The number of rotatable bonds is 2. The number of aromatic nitrogens is 1. The summed E-state index contributed by atoms with van der Waals surface area (Å²) < 4.78 is 90.1. The normalized spacial score (nSPS) is 13.9. The molecule has 0 aliphatic carbocycles. The predicted octanol–water partition coefficient (Wildman–Crippen LogP) is 4.31. The van der Waals surface area contributed by atoms with Crippen molar-refractivity contribution in [2.45, 2.75) is 18.4 Å². The molecule has 0 saturated heterocycles. The first-order valence-electron chi connectivity index (χ1n) is 6.16. The molecule has 2 nitrogen and oxygen atoms in total. The highest BCUT2D eigenvalue weighted by Gasteiger charge is 2.37. The van der Waals surface area contributed by atoms with Crippen LogP contribution in [0.5, 0.6) is 0 Å². The molecule has 0 fully saturated rings. The molecule has 0 saturated carbocycles. The lowest BCUT2D eigenvalue weighted by atomic mass is 9.98. The van der Waals surface area contributed by atoms with E-state index in [1.165, 1.54) is 0 Å². The van der Waals surface area contributed by atoms with Crippen LogP contribution in [0, 0.1) is 5.82 Å². The van der Waals surface area contributed by atoms with Crippen molar-refractivity contribution in [2.75, 3.05) is 0 Å². The minimum atomic E-state index is -4.99. The van der Waals surface area contributed by atoms with Crippen molar-refractivity contribution in [1.82, 2.24) is 4.98 Å². The molecule has 0 unspecified atom stereocenters. The van der Waals surface area contributed by atoms with Crippen LogP contribution in [0.3, 0.4) is 0 Å². The van der Waals surface area contributed by atoms with E-state index in [1.54, 1.807) is 0 Å². The molecular formula is C14H9F7N2. The smallest absolute Gasteiger partial charge is 0.319 e. The highest BCUT2D eigenvalue weighted by atomic mass is 19.4. The average Bonchev–Trinajstić information content (AvgIpc) is 2.45. The SMILES string of the molecule is N[C@H](c1ccc(F)c(C(F)(F)F)c1)c1ncccc1C(F)(F)F. The highest BCUT2D eigenvalue weighted by Crippen LogP contribution is 2.37. The van der Waals surface area contributed by atoms with Gasteiger partial charge in [-0.15, -0.1) is 0 Å². The molecule has 124 valence electrons. The fourth-order valence-electron chi connectivity index (χ4n) is 2.02. The molecular weight excluding hydrogens is 329 g/mol. The van der Waals surface area contributed by atoms with Crippen molar-refractivity contribution in [3.05, 3.63) is 64.7 Å². The molecule has 1 heterocycles. The zero-order valence-corrected chi connectivity index (χ0v) is 11.2. The van der Waals surface area contributed by atoms with Crippen LogP contribution in [0.1, 0.15) is 28.4 Å². The first-order valence-corrected chi connectivity index (χ1v) is 6.16. The van der Waals surface area contributed by atoms with E-state index in [0.717, 1.165) is 24.4 Å². The second-order valence-corrected chi connectivity index (χ2v) is 4.65. The van der Waals surface area contributed by atoms with Crippen LogP contribution in [-0.4, -0.2) is 4.98 Å². The Labute approximate surface area is 125 Å². The van der Waals surface area contributed by atoms with Crippen molar-refractivity contribution in [3.63, 3.8) is 0 Å². The van der Waals surface area contributed by atoms with Gasteiger partial charge < -0.3 is 5.73 Å². The first kappa shape index (κ1) is 17.2. The Hall–Kier alpha value is -2.16. The summed E-state index contributed by atoms with van der Waals surface area (Å²) in [5, 5.41) is 0. The Morgan fingerprint density at radius 2 is 1.52 bits per heavy atom. The molecule has 9 heteroatoms. The van der Waals surface area contributed by atoms with E-state index >= 15 is 0 Å². The Balaban J connectivity index is 2.53. The number of pyridine rings is 1. The maximum absolute atomic E-state index is 13.2. The van der Waals surface area contributed by atoms with E-state index < -0.39 is 41.0 Å². The molecule has 0 radical (unpaired) electrons. The molecule has 2 N–H and O–H groups in total. The van der Waals surface area contributed by atoms with Crippen molar-refractivity contribution in [1.29, 1.82) is 0 Å². The van der Waals surface area contributed by atoms with Gasteiger partial charge in [0, 0.05) is 6.20 Å². The first-order chi connectivity index (χ1) is 10.5. The lowest BCUT2D eigenvalue weighted by molar-refractivity contribution is -0.140. The van der Waals surface area contributed by atoms with Gasteiger partial charge in [-0.2, -0.15) is 26.3 Å². The zero-order valence-electron chi connectivity index (χ0n) is 11.2. The van der Waals surface area contributed by atoms with Crippen molar-refractivity contribution >= 4 is 0 Å². The van der Waals surface area contributed by atoms with Gasteiger partial charge in [-0.05, 0) is 29.8 Å². The van der Waals surface area contributed by atoms with Crippen LogP contribution in [0.15, 0.2) is 36.5 Å². The maximum Gasteiger partial charge on any atom is 0.419 e. The fourth-order valence-corrected chi connectivity index (χ4v) is 2.02. The number of hydrogen-bond acceptors (Lipinski definition) is 2. The lowest BCUT2D eigenvalue weighted by Crippen LogP contribution is -2.21. The minimum absolute atomic E-state index is 0.331. The third-order valence-corrected chi connectivity index (χ3v) is 3.09.